The highest BCUT2D eigenvalue weighted by molar-refractivity contribution is 5.90. The Bertz CT molecular complexity index is 1240. The van der Waals surface area contributed by atoms with Crippen molar-refractivity contribution in [1.29, 1.82) is 0 Å². The summed E-state index contributed by atoms with van der Waals surface area (Å²) in [6.07, 6.45) is 12.5. The molecule has 0 radical (unpaired) electrons. The summed E-state index contributed by atoms with van der Waals surface area (Å²) in [7, 11) is 0. The first-order chi connectivity index (χ1) is 16.5. The number of carbonyl (C=O) groups excluding carboxylic acids is 1. The number of ether oxygens (including phenoxy) is 1. The van der Waals surface area contributed by atoms with Crippen molar-refractivity contribution in [3.05, 3.63) is 64.7 Å². The van der Waals surface area contributed by atoms with E-state index in [1.165, 1.54) is 5.56 Å². The number of aliphatic hydroxyl groups excluding tert-OH is 1. The highest BCUT2D eigenvalue weighted by atomic mass is 16.6. The largest absolute Gasteiger partial charge is 0.512 e. The van der Waals surface area contributed by atoms with E-state index in [0.717, 1.165) is 49.8 Å². The molecule has 4 heterocycles. The first-order valence-corrected chi connectivity index (χ1v) is 12.2. The number of hydrogen-bond donors (Lipinski definition) is 1. The van der Waals surface area contributed by atoms with Crippen LogP contribution in [0.1, 0.15) is 68.1 Å². The number of esters is 1. The molecule has 1 atom stereocenters. The summed E-state index contributed by atoms with van der Waals surface area (Å²) in [5, 5.41) is 15.5. The van der Waals surface area contributed by atoms with Crippen molar-refractivity contribution in [3.63, 3.8) is 0 Å². The number of cyclic esters (lactones) is 1. The summed E-state index contributed by atoms with van der Waals surface area (Å²) < 4.78 is 7.83. The molecule has 1 fully saturated rings. The minimum atomic E-state index is -0.679. The fourth-order valence-corrected chi connectivity index (χ4v) is 5.37. The van der Waals surface area contributed by atoms with Gasteiger partial charge >= 0.3 is 5.97 Å². The monoisotopic (exact) mass is 461 g/mol. The smallest absolute Gasteiger partial charge is 0.338 e. The lowest BCUT2D eigenvalue weighted by Crippen LogP contribution is -2.46. The van der Waals surface area contributed by atoms with Gasteiger partial charge in [0, 0.05) is 37.1 Å². The Morgan fingerprint density at radius 3 is 2.85 bits per heavy atom. The van der Waals surface area contributed by atoms with Gasteiger partial charge in [-0.05, 0) is 68.2 Å². The van der Waals surface area contributed by atoms with Gasteiger partial charge in [0.2, 0.25) is 0 Å². The van der Waals surface area contributed by atoms with Gasteiger partial charge in [-0.2, -0.15) is 4.98 Å². The third kappa shape index (κ3) is 4.41. The Balaban J connectivity index is 1.39. The van der Waals surface area contributed by atoms with Crippen LogP contribution < -0.4 is 0 Å². The molecule has 178 valence electrons. The van der Waals surface area contributed by atoms with Crippen LogP contribution in [0.3, 0.4) is 0 Å². The molecule has 0 spiro atoms. The van der Waals surface area contributed by atoms with Gasteiger partial charge in [0.1, 0.15) is 11.4 Å². The van der Waals surface area contributed by atoms with Gasteiger partial charge in [-0.3, -0.25) is 4.98 Å². The van der Waals surface area contributed by atoms with Crippen LogP contribution in [0.2, 0.25) is 0 Å². The highest BCUT2D eigenvalue weighted by Gasteiger charge is 2.48. The number of hydrogen-bond acceptors (Lipinski definition) is 7. The number of aryl methyl sites for hydroxylation is 3. The predicted octanol–water partition coefficient (Wildman–Crippen LogP) is 4.25. The molecule has 5 rings (SSSR count). The normalized spacial score (nSPS) is 21.4. The number of rotatable bonds is 7. The molecule has 0 amide bonds. The second kappa shape index (κ2) is 9.16. The van der Waals surface area contributed by atoms with Crippen molar-refractivity contribution in [3.8, 4) is 0 Å². The maximum Gasteiger partial charge on any atom is 0.338 e. The molecule has 1 aliphatic heterocycles. The summed E-state index contributed by atoms with van der Waals surface area (Å²) in [5.41, 5.74) is 2.78. The average Bonchev–Trinajstić information content (AvgIpc) is 3.50. The molecule has 34 heavy (non-hydrogen) atoms. The standard InChI is InChI=1S/C26H31N5O3/c1-3-20-12-18(9-11-27-20)8-10-26(19-6-4-5-7-19)14-22(32)21(24(33)34-26)13-23-29-25-28-15-17(2)16-31(25)30-23/h9,11-12,15-16,19,32H,3-8,10,13-14H2,1-2H3. The number of carbonyl (C=O) groups is 1. The van der Waals surface area contributed by atoms with Crippen LogP contribution in [0.4, 0.5) is 0 Å². The molecule has 1 N–H and O–H groups in total. The fraction of sp³-hybridized carbons (Fsp3) is 0.500. The zero-order valence-electron chi connectivity index (χ0n) is 19.8. The molecule has 3 aromatic rings. The average molecular weight is 462 g/mol. The summed E-state index contributed by atoms with van der Waals surface area (Å²) in [5.74, 6) is 0.814. The van der Waals surface area contributed by atoms with E-state index in [0.29, 0.717) is 24.4 Å². The third-order valence-electron chi connectivity index (χ3n) is 7.24. The Kier molecular flexibility index (Phi) is 6.06. The lowest BCUT2D eigenvalue weighted by molar-refractivity contribution is -0.167. The van der Waals surface area contributed by atoms with E-state index in [1.54, 1.807) is 10.7 Å². The van der Waals surface area contributed by atoms with E-state index < -0.39 is 11.6 Å². The predicted molar refractivity (Wildman–Crippen MR) is 126 cm³/mol. The number of fused-ring (bicyclic) bond motifs is 1. The molecule has 3 aromatic heterocycles. The van der Waals surface area contributed by atoms with E-state index >= 15 is 0 Å². The van der Waals surface area contributed by atoms with Crippen molar-refractivity contribution in [2.75, 3.05) is 0 Å². The van der Waals surface area contributed by atoms with E-state index in [1.807, 2.05) is 25.4 Å². The van der Waals surface area contributed by atoms with Crippen molar-refractivity contribution >= 4 is 11.7 Å². The zero-order chi connectivity index (χ0) is 23.7. The molecule has 1 aliphatic carbocycles. The molecule has 2 aliphatic rings. The number of nitrogens with zero attached hydrogens (tertiary/aromatic N) is 5. The lowest BCUT2D eigenvalue weighted by Gasteiger charge is -2.41. The van der Waals surface area contributed by atoms with Crippen LogP contribution in [-0.4, -0.2) is 41.2 Å². The van der Waals surface area contributed by atoms with E-state index in [-0.39, 0.29) is 23.7 Å². The minimum absolute atomic E-state index is 0.107. The molecule has 0 aromatic carbocycles. The summed E-state index contributed by atoms with van der Waals surface area (Å²) in [6.45, 7) is 4.02. The van der Waals surface area contributed by atoms with Crippen LogP contribution in [0.15, 0.2) is 42.1 Å². The second-order valence-corrected chi connectivity index (χ2v) is 9.63. The highest BCUT2D eigenvalue weighted by Crippen LogP contribution is 2.46. The molecule has 8 heteroatoms. The van der Waals surface area contributed by atoms with Gasteiger partial charge in [-0.15, -0.1) is 5.10 Å². The number of aliphatic hydroxyl groups is 1. The summed E-state index contributed by atoms with van der Waals surface area (Å²) >= 11 is 0. The van der Waals surface area contributed by atoms with Gasteiger partial charge in [0.15, 0.2) is 5.82 Å². The van der Waals surface area contributed by atoms with Gasteiger partial charge in [-0.25, -0.2) is 14.3 Å². The van der Waals surface area contributed by atoms with Crippen molar-refractivity contribution in [1.82, 2.24) is 24.6 Å². The SMILES string of the molecule is CCc1cc(CCC2(C3CCCC3)CC(O)=C(Cc3nc4ncc(C)cn4n3)C(=O)O2)ccn1. The van der Waals surface area contributed by atoms with Crippen LogP contribution in [0.5, 0.6) is 0 Å². The third-order valence-corrected chi connectivity index (χ3v) is 7.24. The molecule has 0 saturated heterocycles. The Hall–Kier alpha value is -3.29. The molecule has 0 bridgehead atoms. The summed E-state index contributed by atoms with van der Waals surface area (Å²) in [6, 6.07) is 4.15. The second-order valence-electron chi connectivity index (χ2n) is 9.63. The Morgan fingerprint density at radius 2 is 2.09 bits per heavy atom. The molecule has 1 saturated carbocycles. The van der Waals surface area contributed by atoms with Crippen LogP contribution in [0.25, 0.3) is 5.78 Å². The van der Waals surface area contributed by atoms with Gasteiger partial charge in [0.05, 0.1) is 5.57 Å². The van der Waals surface area contributed by atoms with Crippen molar-refractivity contribution in [2.24, 2.45) is 5.92 Å². The molecular formula is C26H31N5O3. The van der Waals surface area contributed by atoms with Crippen LogP contribution >= 0.6 is 0 Å². The van der Waals surface area contributed by atoms with E-state index in [2.05, 4.69) is 33.0 Å². The molecular weight excluding hydrogens is 430 g/mol. The van der Waals surface area contributed by atoms with Crippen LogP contribution in [0, 0.1) is 12.8 Å². The first kappa shape index (κ1) is 22.5. The van der Waals surface area contributed by atoms with E-state index in [4.69, 9.17) is 4.74 Å². The quantitative estimate of drug-likeness (QED) is 0.525. The van der Waals surface area contributed by atoms with Crippen LogP contribution in [-0.2, 0) is 28.8 Å². The number of aromatic nitrogens is 5. The minimum Gasteiger partial charge on any atom is -0.512 e. The first-order valence-electron chi connectivity index (χ1n) is 12.2. The maximum atomic E-state index is 13.2. The maximum absolute atomic E-state index is 13.2. The fourth-order valence-electron chi connectivity index (χ4n) is 5.37. The topological polar surface area (TPSA) is 102 Å². The zero-order valence-corrected chi connectivity index (χ0v) is 19.8. The number of pyridine rings is 1. The van der Waals surface area contributed by atoms with Crippen molar-refractivity contribution in [2.45, 2.75) is 77.2 Å². The van der Waals surface area contributed by atoms with Gasteiger partial charge < -0.3 is 9.84 Å². The van der Waals surface area contributed by atoms with Gasteiger partial charge in [-0.1, -0.05) is 19.8 Å². The summed E-state index contributed by atoms with van der Waals surface area (Å²) in [4.78, 5) is 26.3. The lowest BCUT2D eigenvalue weighted by atomic mass is 9.76. The van der Waals surface area contributed by atoms with Crippen molar-refractivity contribution < 1.29 is 14.6 Å². The van der Waals surface area contributed by atoms with Gasteiger partial charge in [0.25, 0.3) is 5.78 Å². The van der Waals surface area contributed by atoms with E-state index in [9.17, 15) is 9.90 Å². The molecule has 1 unspecified atom stereocenters. The molecule has 8 nitrogen and oxygen atoms in total. The Morgan fingerprint density at radius 1 is 1.26 bits per heavy atom. The Labute approximate surface area is 199 Å².